The third kappa shape index (κ3) is 5.81. The molecule has 0 saturated carbocycles. The Morgan fingerprint density at radius 1 is 1.29 bits per heavy atom. The SMILES string of the molecule is C[C@H](NC(=O)O[C@H](Cc1ncccn1)C(=O)O)c1ccc(C(F)(F)F)cc1Cl. The number of alkyl carbamates (subject to hydrolysis) is 1. The summed E-state index contributed by atoms with van der Waals surface area (Å²) in [6, 6.07) is 3.42. The first-order valence-corrected chi connectivity index (χ1v) is 8.28. The molecule has 0 bridgehead atoms. The van der Waals surface area contributed by atoms with E-state index in [-0.39, 0.29) is 22.8 Å². The average Bonchev–Trinajstić information content (AvgIpc) is 2.60. The smallest absolute Gasteiger partial charge is 0.416 e. The van der Waals surface area contributed by atoms with Crippen molar-refractivity contribution < 1.29 is 32.6 Å². The lowest BCUT2D eigenvalue weighted by Gasteiger charge is -2.19. The lowest BCUT2D eigenvalue weighted by molar-refractivity contribution is -0.146. The number of nitrogens with zero attached hydrogens (tertiary/aromatic N) is 2. The lowest BCUT2D eigenvalue weighted by atomic mass is 10.1. The topological polar surface area (TPSA) is 101 Å². The number of carboxylic acid groups (broad SMARTS) is 1. The third-order valence-electron chi connectivity index (χ3n) is 3.64. The van der Waals surface area contributed by atoms with Crippen molar-refractivity contribution in [1.82, 2.24) is 15.3 Å². The van der Waals surface area contributed by atoms with Crippen molar-refractivity contribution in [1.29, 1.82) is 0 Å². The number of carbonyl (C=O) groups is 2. The van der Waals surface area contributed by atoms with Crippen molar-refractivity contribution in [2.24, 2.45) is 0 Å². The van der Waals surface area contributed by atoms with Crippen molar-refractivity contribution in [3.63, 3.8) is 0 Å². The molecule has 1 aromatic carbocycles. The summed E-state index contributed by atoms with van der Waals surface area (Å²) in [7, 11) is 0. The predicted molar refractivity (Wildman–Crippen MR) is 91.6 cm³/mol. The van der Waals surface area contributed by atoms with Gasteiger partial charge in [-0.1, -0.05) is 17.7 Å². The minimum absolute atomic E-state index is 0.168. The minimum Gasteiger partial charge on any atom is -0.478 e. The van der Waals surface area contributed by atoms with Crippen LogP contribution in [0.5, 0.6) is 0 Å². The maximum Gasteiger partial charge on any atom is 0.416 e. The van der Waals surface area contributed by atoms with Crippen molar-refractivity contribution in [3.05, 3.63) is 58.6 Å². The number of amides is 1. The molecule has 0 unspecified atom stereocenters. The molecule has 28 heavy (non-hydrogen) atoms. The molecule has 0 aliphatic rings. The summed E-state index contributed by atoms with van der Waals surface area (Å²) in [5.74, 6) is -1.23. The molecule has 1 heterocycles. The van der Waals surface area contributed by atoms with E-state index < -0.39 is 35.9 Å². The molecule has 0 radical (unpaired) electrons. The Bertz CT molecular complexity index is 849. The van der Waals surface area contributed by atoms with E-state index in [1.165, 1.54) is 19.3 Å². The van der Waals surface area contributed by atoms with E-state index in [0.29, 0.717) is 0 Å². The quantitative estimate of drug-likeness (QED) is 0.744. The Morgan fingerprint density at radius 3 is 2.46 bits per heavy atom. The molecule has 2 atom stereocenters. The van der Waals surface area contributed by atoms with Gasteiger partial charge in [0.05, 0.1) is 18.0 Å². The maximum atomic E-state index is 12.7. The second-order valence-electron chi connectivity index (χ2n) is 5.70. The summed E-state index contributed by atoms with van der Waals surface area (Å²) in [5.41, 5.74) is -0.713. The second kappa shape index (κ2) is 8.87. The molecule has 0 aliphatic heterocycles. The van der Waals surface area contributed by atoms with Gasteiger partial charge in [-0.3, -0.25) is 0 Å². The Labute approximate surface area is 162 Å². The third-order valence-corrected chi connectivity index (χ3v) is 3.97. The molecule has 150 valence electrons. The zero-order chi connectivity index (χ0) is 20.9. The molecule has 2 N–H and O–H groups in total. The maximum absolute atomic E-state index is 12.7. The normalized spacial score (nSPS) is 13.5. The Kier molecular flexibility index (Phi) is 6.79. The van der Waals surface area contributed by atoms with Crippen LogP contribution in [0.4, 0.5) is 18.0 Å². The molecule has 0 saturated heterocycles. The molecular weight excluding hydrogens is 403 g/mol. The van der Waals surface area contributed by atoms with Crippen LogP contribution in [-0.4, -0.2) is 33.2 Å². The number of aromatic nitrogens is 2. The van der Waals surface area contributed by atoms with Gasteiger partial charge in [0.15, 0.2) is 0 Å². The fourth-order valence-electron chi connectivity index (χ4n) is 2.25. The van der Waals surface area contributed by atoms with Gasteiger partial charge < -0.3 is 15.2 Å². The Morgan fingerprint density at radius 2 is 1.93 bits per heavy atom. The molecule has 2 aromatic rings. The number of ether oxygens (including phenoxy) is 1. The Hall–Kier alpha value is -2.88. The van der Waals surface area contributed by atoms with Crippen LogP contribution in [0, 0.1) is 0 Å². The fourth-order valence-corrected chi connectivity index (χ4v) is 2.60. The second-order valence-corrected chi connectivity index (χ2v) is 6.11. The fraction of sp³-hybridized carbons (Fsp3) is 0.294. The molecule has 2 rings (SSSR count). The number of benzene rings is 1. The number of halogens is 4. The minimum atomic E-state index is -4.55. The van der Waals surface area contributed by atoms with Gasteiger partial charge in [0.25, 0.3) is 0 Å². The summed E-state index contributed by atoms with van der Waals surface area (Å²) in [6.07, 6.45) is -4.60. The number of aliphatic carboxylic acids is 1. The van der Waals surface area contributed by atoms with Crippen LogP contribution in [0.2, 0.25) is 5.02 Å². The first kappa shape index (κ1) is 21.4. The highest BCUT2D eigenvalue weighted by atomic mass is 35.5. The standard InChI is InChI=1S/C17H15ClF3N3O4/c1-9(11-4-3-10(7-12(11)18)17(19,20)21)24-16(27)28-13(15(25)26)8-14-22-5-2-6-23-14/h2-7,9,13H,8H2,1H3,(H,24,27)(H,25,26)/t9-,13+/m0/s1. The summed E-state index contributed by atoms with van der Waals surface area (Å²) >= 11 is 5.87. The van der Waals surface area contributed by atoms with Gasteiger partial charge in [-0.15, -0.1) is 0 Å². The van der Waals surface area contributed by atoms with Crippen molar-refractivity contribution in [2.45, 2.75) is 31.7 Å². The summed E-state index contributed by atoms with van der Waals surface area (Å²) < 4.78 is 43.0. The van der Waals surface area contributed by atoms with Crippen molar-refractivity contribution in [3.8, 4) is 0 Å². The van der Waals surface area contributed by atoms with E-state index >= 15 is 0 Å². The predicted octanol–water partition coefficient (Wildman–Crippen LogP) is 3.63. The summed E-state index contributed by atoms with van der Waals surface area (Å²) in [6.45, 7) is 1.46. The van der Waals surface area contributed by atoms with E-state index in [2.05, 4.69) is 15.3 Å². The first-order chi connectivity index (χ1) is 13.1. The molecule has 7 nitrogen and oxygen atoms in total. The Balaban J connectivity index is 2.03. The van der Waals surface area contributed by atoms with Crippen LogP contribution in [0.1, 0.15) is 29.9 Å². The average molecular weight is 418 g/mol. The van der Waals surface area contributed by atoms with Crippen molar-refractivity contribution in [2.75, 3.05) is 0 Å². The van der Waals surface area contributed by atoms with Crippen LogP contribution in [0.25, 0.3) is 0 Å². The number of hydrogen-bond acceptors (Lipinski definition) is 5. The summed E-state index contributed by atoms with van der Waals surface area (Å²) in [5, 5.41) is 11.3. The van der Waals surface area contributed by atoms with Crippen molar-refractivity contribution >= 4 is 23.7 Å². The highest BCUT2D eigenvalue weighted by molar-refractivity contribution is 6.31. The lowest BCUT2D eigenvalue weighted by Crippen LogP contribution is -2.36. The highest BCUT2D eigenvalue weighted by Gasteiger charge is 2.31. The number of carboxylic acids is 1. The van der Waals surface area contributed by atoms with Gasteiger partial charge in [-0.25, -0.2) is 19.6 Å². The molecule has 1 amide bonds. The van der Waals surface area contributed by atoms with Gasteiger partial charge in [0.1, 0.15) is 5.82 Å². The van der Waals surface area contributed by atoms with E-state index in [4.69, 9.17) is 16.3 Å². The number of carbonyl (C=O) groups excluding carboxylic acids is 1. The summed E-state index contributed by atoms with van der Waals surface area (Å²) in [4.78, 5) is 31.0. The molecule has 11 heteroatoms. The zero-order valence-electron chi connectivity index (χ0n) is 14.4. The monoisotopic (exact) mass is 417 g/mol. The molecule has 1 aromatic heterocycles. The number of nitrogens with one attached hydrogen (secondary N) is 1. The number of alkyl halides is 3. The molecular formula is C17H15ClF3N3O4. The van der Waals surface area contributed by atoms with E-state index in [1.54, 1.807) is 6.07 Å². The molecule has 0 aliphatic carbocycles. The van der Waals surface area contributed by atoms with E-state index in [9.17, 15) is 27.9 Å². The van der Waals surface area contributed by atoms with Gasteiger partial charge in [0, 0.05) is 17.4 Å². The zero-order valence-corrected chi connectivity index (χ0v) is 15.2. The first-order valence-electron chi connectivity index (χ1n) is 7.90. The number of rotatable bonds is 6. The van der Waals surface area contributed by atoms with Crippen LogP contribution < -0.4 is 5.32 Å². The van der Waals surface area contributed by atoms with Gasteiger partial charge in [-0.2, -0.15) is 13.2 Å². The van der Waals surface area contributed by atoms with Crippen LogP contribution in [-0.2, 0) is 22.1 Å². The highest BCUT2D eigenvalue weighted by Crippen LogP contribution is 2.33. The van der Waals surface area contributed by atoms with Gasteiger partial charge >= 0.3 is 18.2 Å². The number of hydrogen-bond donors (Lipinski definition) is 2. The van der Waals surface area contributed by atoms with Crippen LogP contribution in [0.3, 0.4) is 0 Å². The van der Waals surface area contributed by atoms with Gasteiger partial charge in [0.2, 0.25) is 6.10 Å². The molecule has 0 fully saturated rings. The largest absolute Gasteiger partial charge is 0.478 e. The van der Waals surface area contributed by atoms with Crippen LogP contribution in [0.15, 0.2) is 36.7 Å². The van der Waals surface area contributed by atoms with Gasteiger partial charge in [-0.05, 0) is 30.7 Å². The van der Waals surface area contributed by atoms with E-state index in [0.717, 1.165) is 18.2 Å². The van der Waals surface area contributed by atoms with E-state index in [1.807, 2.05) is 0 Å². The molecule has 0 spiro atoms. The van der Waals surface area contributed by atoms with Crippen LogP contribution >= 0.6 is 11.6 Å².